The molecule has 5 nitrogen and oxygen atoms in total. The monoisotopic (exact) mass is 248 g/mol. The molecule has 2 N–H and O–H groups in total. The van der Waals surface area contributed by atoms with E-state index in [-0.39, 0.29) is 12.0 Å². The summed E-state index contributed by atoms with van der Waals surface area (Å²) in [6.07, 6.45) is 0.525. The van der Waals surface area contributed by atoms with E-state index in [1.807, 2.05) is 30.3 Å². The lowest BCUT2D eigenvalue weighted by molar-refractivity contribution is -0.145. The molecule has 1 amide bonds. The van der Waals surface area contributed by atoms with E-state index >= 15 is 0 Å². The minimum Gasteiger partial charge on any atom is -0.468 e. The van der Waals surface area contributed by atoms with Gasteiger partial charge in [0.05, 0.1) is 7.11 Å². The average molecular weight is 248 g/mol. The Kier molecular flexibility index (Phi) is 3.62. The number of carbonyl (C=O) groups excluding carboxylic acids is 2. The Morgan fingerprint density at radius 1 is 1.44 bits per heavy atom. The highest BCUT2D eigenvalue weighted by Crippen LogP contribution is 2.24. The number of esters is 1. The fraction of sp³-hybridized carbons (Fsp3) is 0.385. The number of hydrogen-bond acceptors (Lipinski definition) is 4. The SMILES string of the molecule is COC(=O)[C@H](Cc1ccccc1)N1C[C@@H]1C(N)=O. The molecule has 96 valence electrons. The van der Waals surface area contributed by atoms with Crippen molar-refractivity contribution < 1.29 is 14.3 Å². The quantitative estimate of drug-likeness (QED) is 0.585. The number of nitrogens with two attached hydrogens (primary N) is 1. The Balaban J connectivity index is 2.08. The third-order valence-electron chi connectivity index (χ3n) is 3.12. The van der Waals surface area contributed by atoms with Crippen LogP contribution < -0.4 is 5.73 Å². The number of amides is 1. The average Bonchev–Trinajstić information content (AvgIpc) is 3.16. The first-order valence-corrected chi connectivity index (χ1v) is 5.80. The summed E-state index contributed by atoms with van der Waals surface area (Å²) >= 11 is 0. The van der Waals surface area contributed by atoms with E-state index < -0.39 is 11.9 Å². The topological polar surface area (TPSA) is 72.4 Å². The van der Waals surface area contributed by atoms with Gasteiger partial charge in [-0.05, 0) is 12.0 Å². The van der Waals surface area contributed by atoms with Crippen molar-refractivity contribution in [1.29, 1.82) is 0 Å². The zero-order valence-electron chi connectivity index (χ0n) is 10.2. The van der Waals surface area contributed by atoms with Crippen LogP contribution in [0.2, 0.25) is 0 Å². The molecule has 0 aliphatic carbocycles. The molecule has 0 aromatic heterocycles. The van der Waals surface area contributed by atoms with E-state index in [1.54, 1.807) is 4.90 Å². The highest BCUT2D eigenvalue weighted by atomic mass is 16.5. The van der Waals surface area contributed by atoms with Gasteiger partial charge in [0.2, 0.25) is 5.91 Å². The number of carbonyl (C=O) groups is 2. The van der Waals surface area contributed by atoms with Gasteiger partial charge in [0.15, 0.2) is 0 Å². The predicted octanol–water partition coefficient (Wildman–Crippen LogP) is -0.0598. The largest absolute Gasteiger partial charge is 0.468 e. The zero-order chi connectivity index (χ0) is 13.1. The molecule has 0 radical (unpaired) electrons. The van der Waals surface area contributed by atoms with Gasteiger partial charge in [0.25, 0.3) is 0 Å². The van der Waals surface area contributed by atoms with E-state index in [0.717, 1.165) is 5.56 Å². The normalized spacial score (nSPS) is 23.2. The Bertz CT molecular complexity index is 447. The molecular formula is C13H16N2O3. The van der Waals surface area contributed by atoms with Crippen molar-refractivity contribution in [2.75, 3.05) is 13.7 Å². The lowest BCUT2D eigenvalue weighted by Gasteiger charge is -2.16. The number of ether oxygens (including phenoxy) is 1. The second-order valence-electron chi connectivity index (χ2n) is 4.34. The Hall–Kier alpha value is -1.88. The summed E-state index contributed by atoms with van der Waals surface area (Å²) in [7, 11) is 1.35. The molecule has 18 heavy (non-hydrogen) atoms. The molecule has 1 aromatic rings. The van der Waals surface area contributed by atoms with E-state index in [1.165, 1.54) is 7.11 Å². The van der Waals surface area contributed by atoms with Gasteiger partial charge >= 0.3 is 5.97 Å². The molecule has 1 aromatic carbocycles. The Labute approximate surface area is 106 Å². The maximum atomic E-state index is 11.7. The molecule has 5 heteroatoms. The fourth-order valence-corrected chi connectivity index (χ4v) is 2.06. The number of primary amides is 1. The van der Waals surface area contributed by atoms with Gasteiger partial charge in [-0.25, -0.2) is 0 Å². The highest BCUT2D eigenvalue weighted by molar-refractivity contribution is 5.85. The summed E-state index contributed by atoms with van der Waals surface area (Å²) in [4.78, 5) is 24.6. The van der Waals surface area contributed by atoms with Crippen LogP contribution in [0, 0.1) is 0 Å². The first kappa shape index (κ1) is 12.6. The van der Waals surface area contributed by atoms with Crippen molar-refractivity contribution in [1.82, 2.24) is 4.90 Å². The summed E-state index contributed by atoms with van der Waals surface area (Å²) in [6, 6.07) is 8.86. The number of nitrogens with zero attached hydrogens (tertiary/aromatic N) is 1. The van der Waals surface area contributed by atoms with Crippen LogP contribution in [0.3, 0.4) is 0 Å². The first-order chi connectivity index (χ1) is 8.63. The fourth-order valence-electron chi connectivity index (χ4n) is 2.06. The van der Waals surface area contributed by atoms with Crippen LogP contribution in [-0.4, -0.2) is 42.5 Å². The second kappa shape index (κ2) is 5.18. The van der Waals surface area contributed by atoms with E-state index in [9.17, 15) is 9.59 Å². The number of benzene rings is 1. The van der Waals surface area contributed by atoms with Crippen LogP contribution in [0.15, 0.2) is 30.3 Å². The van der Waals surface area contributed by atoms with Crippen molar-refractivity contribution in [3.8, 4) is 0 Å². The van der Waals surface area contributed by atoms with Gasteiger partial charge in [0, 0.05) is 6.54 Å². The second-order valence-corrected chi connectivity index (χ2v) is 4.34. The van der Waals surface area contributed by atoms with Crippen LogP contribution >= 0.6 is 0 Å². The van der Waals surface area contributed by atoms with Gasteiger partial charge in [-0.15, -0.1) is 0 Å². The lowest BCUT2D eigenvalue weighted by atomic mass is 10.1. The molecule has 1 heterocycles. The van der Waals surface area contributed by atoms with Gasteiger partial charge in [0.1, 0.15) is 12.1 Å². The maximum Gasteiger partial charge on any atom is 0.323 e. The van der Waals surface area contributed by atoms with Crippen molar-refractivity contribution in [2.45, 2.75) is 18.5 Å². The van der Waals surface area contributed by atoms with Crippen molar-refractivity contribution in [2.24, 2.45) is 5.73 Å². The van der Waals surface area contributed by atoms with Crippen LogP contribution in [-0.2, 0) is 20.7 Å². The predicted molar refractivity (Wildman–Crippen MR) is 65.6 cm³/mol. The highest BCUT2D eigenvalue weighted by Gasteiger charge is 2.46. The number of rotatable bonds is 5. The molecule has 2 rings (SSSR count). The smallest absolute Gasteiger partial charge is 0.323 e. The molecule has 1 aliphatic rings. The van der Waals surface area contributed by atoms with Crippen LogP contribution in [0.1, 0.15) is 5.56 Å². The number of hydrogen-bond donors (Lipinski definition) is 1. The summed E-state index contributed by atoms with van der Waals surface area (Å²) < 4.78 is 4.78. The molecule has 1 aliphatic heterocycles. The van der Waals surface area contributed by atoms with E-state index in [2.05, 4.69) is 0 Å². The van der Waals surface area contributed by atoms with Crippen LogP contribution in [0.4, 0.5) is 0 Å². The summed E-state index contributed by atoms with van der Waals surface area (Å²) in [5.41, 5.74) is 6.26. The molecule has 0 spiro atoms. The van der Waals surface area contributed by atoms with E-state index in [4.69, 9.17) is 10.5 Å². The Morgan fingerprint density at radius 2 is 2.11 bits per heavy atom. The van der Waals surface area contributed by atoms with Gasteiger partial charge in [-0.1, -0.05) is 30.3 Å². The third kappa shape index (κ3) is 2.68. The van der Waals surface area contributed by atoms with Crippen LogP contribution in [0.5, 0.6) is 0 Å². The summed E-state index contributed by atoms with van der Waals surface area (Å²) in [5.74, 6) is -0.723. The molecule has 3 atom stereocenters. The van der Waals surface area contributed by atoms with Crippen molar-refractivity contribution in [3.63, 3.8) is 0 Å². The maximum absolute atomic E-state index is 11.7. The summed E-state index contributed by atoms with van der Waals surface area (Å²) in [6.45, 7) is 0.530. The van der Waals surface area contributed by atoms with Gasteiger partial charge in [-0.3, -0.25) is 14.5 Å². The Morgan fingerprint density at radius 3 is 2.61 bits per heavy atom. The van der Waals surface area contributed by atoms with Crippen LogP contribution in [0.25, 0.3) is 0 Å². The molecule has 1 saturated heterocycles. The van der Waals surface area contributed by atoms with Crippen molar-refractivity contribution in [3.05, 3.63) is 35.9 Å². The number of methoxy groups -OCH3 is 1. The minimum absolute atomic E-state index is 0.331. The minimum atomic E-state index is -0.435. The van der Waals surface area contributed by atoms with Gasteiger partial charge < -0.3 is 10.5 Å². The third-order valence-corrected chi connectivity index (χ3v) is 3.12. The molecule has 0 bridgehead atoms. The summed E-state index contributed by atoms with van der Waals surface area (Å²) in [5, 5.41) is 0. The first-order valence-electron chi connectivity index (χ1n) is 5.80. The van der Waals surface area contributed by atoms with Gasteiger partial charge in [-0.2, -0.15) is 0 Å². The lowest BCUT2D eigenvalue weighted by Crippen LogP contribution is -2.36. The molecule has 0 saturated carbocycles. The molecule has 1 unspecified atom stereocenters. The standard InChI is InChI=1S/C13H16N2O3/c1-18-13(17)10(15-8-11(15)12(14)16)7-9-5-3-2-4-6-9/h2-6,10-11H,7-8H2,1H3,(H2,14,16)/t10-,11+,15?/m0/s1. The molecule has 1 fully saturated rings. The van der Waals surface area contributed by atoms with E-state index in [0.29, 0.717) is 13.0 Å². The zero-order valence-corrected chi connectivity index (χ0v) is 10.2. The molecular weight excluding hydrogens is 232 g/mol. The van der Waals surface area contributed by atoms with Crippen molar-refractivity contribution >= 4 is 11.9 Å².